The van der Waals surface area contributed by atoms with Crippen molar-refractivity contribution in [2.75, 3.05) is 6.54 Å². The number of pyridine rings is 1. The Morgan fingerprint density at radius 2 is 1.78 bits per heavy atom. The van der Waals surface area contributed by atoms with Gasteiger partial charge >= 0.3 is 0 Å². The van der Waals surface area contributed by atoms with Crippen LogP contribution in [0.5, 0.6) is 5.88 Å². The second-order valence-corrected chi connectivity index (χ2v) is 5.53. The van der Waals surface area contributed by atoms with Gasteiger partial charge in [0.2, 0.25) is 5.88 Å². The summed E-state index contributed by atoms with van der Waals surface area (Å²) in [5, 5.41) is 22.9. The highest BCUT2D eigenvalue weighted by Crippen LogP contribution is 2.23. The zero-order valence-corrected chi connectivity index (χ0v) is 13.2. The number of nitrogens with zero attached hydrogens (tertiary/aromatic N) is 1. The summed E-state index contributed by atoms with van der Waals surface area (Å²) < 4.78 is 0.110. The van der Waals surface area contributed by atoms with E-state index in [4.69, 9.17) is 0 Å². The summed E-state index contributed by atoms with van der Waals surface area (Å²) in [6.45, 7) is 2.63. The zero-order chi connectivity index (χ0) is 16.8. The molecule has 2 aromatic rings. The van der Waals surface area contributed by atoms with Crippen molar-refractivity contribution in [3.8, 4) is 5.88 Å². The number of hydrogen-bond acceptors (Lipinski definition) is 4. The number of unbranched alkanes of at least 4 members (excludes halogenated alkanes) is 4. The van der Waals surface area contributed by atoms with Gasteiger partial charge in [0.05, 0.1) is 5.39 Å². The smallest absolute Gasteiger partial charge is 0.294 e. The Bertz CT molecular complexity index is 752. The highest BCUT2D eigenvalue weighted by molar-refractivity contribution is 6.08. The third kappa shape index (κ3) is 3.64. The van der Waals surface area contributed by atoms with Crippen LogP contribution >= 0.6 is 0 Å². The number of hydrogen-bond donors (Lipinski definition) is 3. The fourth-order valence-electron chi connectivity index (χ4n) is 2.57. The van der Waals surface area contributed by atoms with Gasteiger partial charge in [-0.3, -0.25) is 9.59 Å². The number of fused-ring (bicyclic) bond motifs is 1. The number of aromatic nitrogens is 1. The van der Waals surface area contributed by atoms with Gasteiger partial charge in [0, 0.05) is 11.9 Å². The summed E-state index contributed by atoms with van der Waals surface area (Å²) in [5.74, 6) is -1.24. The normalized spacial score (nSPS) is 10.8. The number of rotatable bonds is 7. The van der Waals surface area contributed by atoms with E-state index < -0.39 is 17.3 Å². The molecule has 0 fully saturated rings. The first kappa shape index (κ1) is 16.9. The standard InChI is InChI=1S/C17H22N2O4/c1-2-3-4-5-8-11-18-15(20)14-12-9-6-7-10-13(12)16(21)19(23)17(14)22/h6-7,9-10,22-23H,2-5,8,11H2,1H3,(H,18,20). The summed E-state index contributed by atoms with van der Waals surface area (Å²) >= 11 is 0. The van der Waals surface area contributed by atoms with Crippen LogP contribution in [0.4, 0.5) is 0 Å². The van der Waals surface area contributed by atoms with E-state index in [1.807, 2.05) is 0 Å². The summed E-state index contributed by atoms with van der Waals surface area (Å²) in [5.41, 5.74) is -0.842. The molecule has 0 spiro atoms. The van der Waals surface area contributed by atoms with E-state index in [1.165, 1.54) is 12.5 Å². The van der Waals surface area contributed by atoms with Gasteiger partial charge in [-0.05, 0) is 12.5 Å². The Kier molecular flexibility index (Phi) is 5.62. The van der Waals surface area contributed by atoms with Crippen molar-refractivity contribution >= 4 is 16.7 Å². The van der Waals surface area contributed by atoms with Gasteiger partial charge in [-0.25, -0.2) is 0 Å². The molecular weight excluding hydrogens is 296 g/mol. The molecule has 0 unspecified atom stereocenters. The molecule has 0 saturated heterocycles. The quantitative estimate of drug-likeness (QED) is 0.540. The summed E-state index contributed by atoms with van der Waals surface area (Å²) in [7, 11) is 0. The highest BCUT2D eigenvalue weighted by atomic mass is 16.5. The first-order chi connectivity index (χ1) is 11.1. The minimum absolute atomic E-state index is 0.0868. The lowest BCUT2D eigenvalue weighted by Crippen LogP contribution is -2.28. The molecular formula is C17H22N2O4. The molecule has 6 nitrogen and oxygen atoms in total. The third-order valence-corrected chi connectivity index (χ3v) is 3.84. The zero-order valence-electron chi connectivity index (χ0n) is 13.2. The lowest BCUT2D eigenvalue weighted by molar-refractivity contribution is 0.0937. The number of carbonyl (C=O) groups excluding carboxylic acids is 1. The van der Waals surface area contributed by atoms with Crippen molar-refractivity contribution in [1.29, 1.82) is 0 Å². The molecule has 0 saturated carbocycles. The van der Waals surface area contributed by atoms with Crippen molar-refractivity contribution in [2.24, 2.45) is 0 Å². The summed E-state index contributed by atoms with van der Waals surface area (Å²) in [6, 6.07) is 6.39. The van der Waals surface area contributed by atoms with Gasteiger partial charge in [-0.15, -0.1) is 4.73 Å². The van der Waals surface area contributed by atoms with Crippen LogP contribution in [-0.2, 0) is 0 Å². The fourth-order valence-corrected chi connectivity index (χ4v) is 2.57. The van der Waals surface area contributed by atoms with Crippen LogP contribution in [0, 0.1) is 0 Å². The monoisotopic (exact) mass is 318 g/mol. The van der Waals surface area contributed by atoms with Crippen molar-refractivity contribution in [1.82, 2.24) is 10.0 Å². The molecule has 0 atom stereocenters. The minimum atomic E-state index is -0.755. The van der Waals surface area contributed by atoms with Crippen LogP contribution in [-0.4, -0.2) is 27.5 Å². The Morgan fingerprint density at radius 1 is 1.13 bits per heavy atom. The number of nitrogens with one attached hydrogen (secondary N) is 1. The average Bonchev–Trinajstić information content (AvgIpc) is 2.56. The lowest BCUT2D eigenvalue weighted by atomic mass is 10.1. The maximum atomic E-state index is 12.3. The maximum Gasteiger partial charge on any atom is 0.294 e. The van der Waals surface area contributed by atoms with Crippen molar-refractivity contribution in [2.45, 2.75) is 39.0 Å². The van der Waals surface area contributed by atoms with Crippen LogP contribution in [0.25, 0.3) is 10.8 Å². The third-order valence-electron chi connectivity index (χ3n) is 3.84. The highest BCUT2D eigenvalue weighted by Gasteiger charge is 2.21. The Labute approximate surface area is 134 Å². The molecule has 1 amide bonds. The topological polar surface area (TPSA) is 91.6 Å². The molecule has 6 heteroatoms. The Balaban J connectivity index is 2.19. The second kappa shape index (κ2) is 7.67. The van der Waals surface area contributed by atoms with E-state index in [1.54, 1.807) is 18.2 Å². The minimum Gasteiger partial charge on any atom is -0.492 e. The van der Waals surface area contributed by atoms with E-state index >= 15 is 0 Å². The van der Waals surface area contributed by atoms with Gasteiger partial charge in [-0.1, -0.05) is 50.8 Å². The van der Waals surface area contributed by atoms with Gasteiger partial charge in [0.25, 0.3) is 11.5 Å². The molecule has 124 valence electrons. The van der Waals surface area contributed by atoms with Gasteiger partial charge in [-0.2, -0.15) is 0 Å². The molecule has 0 aliphatic heterocycles. The molecule has 2 rings (SSSR count). The summed E-state index contributed by atoms with van der Waals surface area (Å²) in [4.78, 5) is 24.2. The van der Waals surface area contributed by atoms with Crippen molar-refractivity contribution in [3.63, 3.8) is 0 Å². The summed E-state index contributed by atoms with van der Waals surface area (Å²) in [6.07, 6.45) is 5.34. The molecule has 0 bridgehead atoms. The molecule has 1 heterocycles. The predicted octanol–water partition coefficient (Wildman–Crippen LogP) is 2.64. The molecule has 0 aliphatic carbocycles. The number of benzene rings is 1. The molecule has 0 aliphatic rings. The molecule has 23 heavy (non-hydrogen) atoms. The number of amides is 1. The van der Waals surface area contributed by atoms with Crippen LogP contribution in [0.1, 0.15) is 49.4 Å². The van der Waals surface area contributed by atoms with Gasteiger partial charge < -0.3 is 15.6 Å². The fraction of sp³-hybridized carbons (Fsp3) is 0.412. The maximum absolute atomic E-state index is 12.3. The van der Waals surface area contributed by atoms with E-state index in [0.29, 0.717) is 11.9 Å². The Morgan fingerprint density at radius 3 is 2.48 bits per heavy atom. The Hall–Kier alpha value is -2.50. The predicted molar refractivity (Wildman–Crippen MR) is 88.1 cm³/mol. The van der Waals surface area contributed by atoms with Crippen molar-refractivity contribution in [3.05, 3.63) is 40.2 Å². The first-order valence-corrected chi connectivity index (χ1v) is 7.92. The number of carbonyl (C=O) groups is 1. The van der Waals surface area contributed by atoms with Crippen LogP contribution in [0.2, 0.25) is 0 Å². The number of aromatic hydroxyl groups is 1. The molecule has 1 aromatic heterocycles. The van der Waals surface area contributed by atoms with E-state index in [9.17, 15) is 19.9 Å². The molecule has 3 N–H and O–H groups in total. The lowest BCUT2D eigenvalue weighted by Gasteiger charge is -2.11. The first-order valence-electron chi connectivity index (χ1n) is 7.92. The van der Waals surface area contributed by atoms with Gasteiger partial charge in [0.1, 0.15) is 5.56 Å². The van der Waals surface area contributed by atoms with Gasteiger partial charge in [0.15, 0.2) is 0 Å². The van der Waals surface area contributed by atoms with E-state index in [0.717, 1.165) is 25.7 Å². The largest absolute Gasteiger partial charge is 0.492 e. The van der Waals surface area contributed by atoms with E-state index in [2.05, 4.69) is 12.2 Å². The second-order valence-electron chi connectivity index (χ2n) is 5.53. The SMILES string of the molecule is CCCCCCCNC(=O)c1c(O)n(O)c(=O)c2ccccc12. The van der Waals surface area contributed by atoms with Crippen molar-refractivity contribution < 1.29 is 15.1 Å². The molecule has 0 radical (unpaired) electrons. The van der Waals surface area contributed by atoms with Crippen LogP contribution < -0.4 is 10.9 Å². The molecule has 1 aromatic carbocycles. The van der Waals surface area contributed by atoms with Crippen LogP contribution in [0.3, 0.4) is 0 Å². The average molecular weight is 318 g/mol. The van der Waals surface area contributed by atoms with Crippen LogP contribution in [0.15, 0.2) is 29.1 Å². The van der Waals surface area contributed by atoms with E-state index in [-0.39, 0.29) is 15.7 Å².